The van der Waals surface area contributed by atoms with E-state index in [1.54, 1.807) is 0 Å². The summed E-state index contributed by atoms with van der Waals surface area (Å²) >= 11 is 0. The van der Waals surface area contributed by atoms with Gasteiger partial charge in [-0.1, -0.05) is 149 Å². The second-order valence-electron chi connectivity index (χ2n) is 11.5. The van der Waals surface area contributed by atoms with E-state index < -0.39 is 23.9 Å². The molecule has 0 rings (SSSR count). The Morgan fingerprint density at radius 2 is 0.946 bits per heavy atom. The van der Waals surface area contributed by atoms with Gasteiger partial charge in [0.1, 0.15) is 17.8 Å². The summed E-state index contributed by atoms with van der Waals surface area (Å²) in [5.41, 5.74) is -1.70. The average Bonchev–Trinajstić information content (AvgIpc) is 2.90. The van der Waals surface area contributed by atoms with Gasteiger partial charge in [0.15, 0.2) is 0 Å². The molecular formula is C32H66O5. The van der Waals surface area contributed by atoms with Crippen LogP contribution in [0.3, 0.4) is 0 Å². The number of ether oxygens (including phenoxy) is 1. The maximum absolute atomic E-state index is 11.5. The summed E-state index contributed by atoms with van der Waals surface area (Å²) in [5, 5.41) is 44.0. The van der Waals surface area contributed by atoms with Crippen molar-refractivity contribution < 1.29 is 25.2 Å². The van der Waals surface area contributed by atoms with E-state index in [1.807, 2.05) is 0 Å². The minimum Gasteiger partial charge on any atom is -0.390 e. The number of rotatable bonds is 29. The van der Waals surface area contributed by atoms with E-state index in [-0.39, 0.29) is 6.61 Å². The number of aliphatic hydroxyl groups excluding tert-OH is 3. The standard InChI is InChI=1S/C32H66O5/c1-4-7-10-13-16-19-22-25-30(34)32(36,26-23-20-17-14-11-8-5-2)31(35)29(33)28-37-27-24-21-18-15-12-9-6-3/h29-31,33-36H,4-28H2,1-3H3. The lowest BCUT2D eigenvalue weighted by molar-refractivity contribution is -0.190. The van der Waals surface area contributed by atoms with Crippen LogP contribution in [0.4, 0.5) is 0 Å². The topological polar surface area (TPSA) is 90.2 Å². The first kappa shape index (κ1) is 36.8. The molecule has 0 radical (unpaired) electrons. The van der Waals surface area contributed by atoms with Gasteiger partial charge >= 0.3 is 0 Å². The Morgan fingerprint density at radius 3 is 1.43 bits per heavy atom. The molecule has 4 unspecified atom stereocenters. The Hall–Kier alpha value is -0.200. The van der Waals surface area contributed by atoms with Crippen molar-refractivity contribution in [2.45, 2.75) is 192 Å². The Balaban J connectivity index is 4.58. The van der Waals surface area contributed by atoms with Gasteiger partial charge in [0, 0.05) is 6.61 Å². The third kappa shape index (κ3) is 19.5. The van der Waals surface area contributed by atoms with Gasteiger partial charge < -0.3 is 25.2 Å². The molecule has 0 aliphatic heterocycles. The zero-order chi connectivity index (χ0) is 27.6. The molecule has 5 heteroatoms. The van der Waals surface area contributed by atoms with E-state index in [1.165, 1.54) is 83.5 Å². The zero-order valence-electron chi connectivity index (χ0n) is 25.1. The maximum Gasteiger partial charge on any atom is 0.119 e. The van der Waals surface area contributed by atoms with Crippen LogP contribution in [-0.4, -0.2) is 57.6 Å². The minimum absolute atomic E-state index is 0.0134. The van der Waals surface area contributed by atoms with E-state index in [9.17, 15) is 20.4 Å². The number of unbranched alkanes of at least 4 members (excludes halogenated alkanes) is 18. The highest BCUT2D eigenvalue weighted by Gasteiger charge is 2.45. The van der Waals surface area contributed by atoms with Crippen LogP contribution in [0.5, 0.6) is 0 Å². The van der Waals surface area contributed by atoms with Crippen LogP contribution >= 0.6 is 0 Å². The van der Waals surface area contributed by atoms with Gasteiger partial charge in [-0.2, -0.15) is 0 Å². The molecule has 0 aliphatic rings. The predicted molar refractivity (Wildman–Crippen MR) is 157 cm³/mol. The molecule has 0 aromatic carbocycles. The van der Waals surface area contributed by atoms with Gasteiger partial charge in [0.2, 0.25) is 0 Å². The lowest BCUT2D eigenvalue weighted by atomic mass is 9.80. The van der Waals surface area contributed by atoms with Gasteiger partial charge in [-0.25, -0.2) is 0 Å². The second-order valence-corrected chi connectivity index (χ2v) is 11.5. The molecule has 0 fully saturated rings. The summed E-state index contributed by atoms with van der Waals surface area (Å²) in [6, 6.07) is 0. The first-order valence-electron chi connectivity index (χ1n) is 16.3. The van der Waals surface area contributed by atoms with Gasteiger partial charge in [-0.05, 0) is 19.3 Å². The van der Waals surface area contributed by atoms with Crippen molar-refractivity contribution in [3.63, 3.8) is 0 Å². The van der Waals surface area contributed by atoms with Crippen LogP contribution in [-0.2, 0) is 4.74 Å². The highest BCUT2D eigenvalue weighted by molar-refractivity contribution is 4.96. The average molecular weight is 531 g/mol. The van der Waals surface area contributed by atoms with E-state index in [0.29, 0.717) is 19.4 Å². The Morgan fingerprint density at radius 1 is 0.541 bits per heavy atom. The van der Waals surface area contributed by atoms with E-state index in [2.05, 4.69) is 20.8 Å². The summed E-state index contributed by atoms with van der Waals surface area (Å²) in [7, 11) is 0. The van der Waals surface area contributed by atoms with Gasteiger partial charge in [0.05, 0.1) is 12.7 Å². The molecule has 5 nitrogen and oxygen atoms in total. The molecule has 224 valence electrons. The number of hydrogen-bond acceptors (Lipinski definition) is 5. The SMILES string of the molecule is CCCCCCCCCOCC(O)C(O)C(O)(CCCCCCCCC)C(O)CCCCCCCCC. The van der Waals surface area contributed by atoms with Gasteiger partial charge in [-0.3, -0.25) is 0 Å². The molecule has 0 aromatic rings. The van der Waals surface area contributed by atoms with Crippen LogP contribution in [0, 0.1) is 0 Å². The predicted octanol–water partition coefficient (Wildman–Crippen LogP) is 7.85. The van der Waals surface area contributed by atoms with Crippen LogP contribution < -0.4 is 0 Å². The Labute approximate surface area is 230 Å². The monoisotopic (exact) mass is 530 g/mol. The molecule has 0 saturated carbocycles. The largest absolute Gasteiger partial charge is 0.390 e. The third-order valence-electron chi connectivity index (χ3n) is 7.90. The van der Waals surface area contributed by atoms with Crippen molar-refractivity contribution in [1.82, 2.24) is 0 Å². The number of aliphatic hydroxyl groups is 4. The van der Waals surface area contributed by atoms with Crippen LogP contribution in [0.1, 0.15) is 168 Å². The molecule has 0 aromatic heterocycles. The summed E-state index contributed by atoms with van der Waals surface area (Å²) in [6.45, 7) is 7.17. The normalized spacial score (nSPS) is 16.0. The van der Waals surface area contributed by atoms with Gasteiger partial charge in [-0.15, -0.1) is 0 Å². The molecule has 37 heavy (non-hydrogen) atoms. The molecule has 0 spiro atoms. The summed E-state index contributed by atoms with van der Waals surface area (Å²) in [6.07, 6.45) is 21.1. The van der Waals surface area contributed by atoms with Crippen molar-refractivity contribution in [3.05, 3.63) is 0 Å². The van der Waals surface area contributed by atoms with Crippen LogP contribution in [0.2, 0.25) is 0 Å². The third-order valence-corrected chi connectivity index (χ3v) is 7.90. The zero-order valence-corrected chi connectivity index (χ0v) is 25.1. The molecule has 4 atom stereocenters. The van der Waals surface area contributed by atoms with Crippen molar-refractivity contribution >= 4 is 0 Å². The summed E-state index contributed by atoms with van der Waals surface area (Å²) in [5.74, 6) is 0. The van der Waals surface area contributed by atoms with Gasteiger partial charge in [0.25, 0.3) is 0 Å². The molecule has 0 bridgehead atoms. The smallest absolute Gasteiger partial charge is 0.119 e. The quantitative estimate of drug-likeness (QED) is 0.0739. The van der Waals surface area contributed by atoms with Crippen LogP contribution in [0.15, 0.2) is 0 Å². The fourth-order valence-corrected chi connectivity index (χ4v) is 5.21. The van der Waals surface area contributed by atoms with Crippen molar-refractivity contribution in [2.75, 3.05) is 13.2 Å². The summed E-state index contributed by atoms with van der Waals surface area (Å²) in [4.78, 5) is 0. The van der Waals surface area contributed by atoms with Crippen LogP contribution in [0.25, 0.3) is 0 Å². The van der Waals surface area contributed by atoms with E-state index in [0.717, 1.165) is 51.4 Å². The lowest BCUT2D eigenvalue weighted by Gasteiger charge is -2.39. The molecule has 0 saturated heterocycles. The Bertz CT molecular complexity index is 460. The second kappa shape index (κ2) is 26.0. The highest BCUT2D eigenvalue weighted by Crippen LogP contribution is 2.29. The van der Waals surface area contributed by atoms with E-state index >= 15 is 0 Å². The van der Waals surface area contributed by atoms with E-state index in [4.69, 9.17) is 4.74 Å². The summed E-state index contributed by atoms with van der Waals surface area (Å²) < 4.78 is 5.64. The molecule has 0 amide bonds. The van der Waals surface area contributed by atoms with Crippen molar-refractivity contribution in [3.8, 4) is 0 Å². The fraction of sp³-hybridized carbons (Fsp3) is 1.00. The van der Waals surface area contributed by atoms with Crippen molar-refractivity contribution in [2.24, 2.45) is 0 Å². The lowest BCUT2D eigenvalue weighted by Crippen LogP contribution is -2.57. The number of hydrogen-bond donors (Lipinski definition) is 4. The first-order chi connectivity index (χ1) is 17.9. The molecule has 4 N–H and O–H groups in total. The molecular weight excluding hydrogens is 464 g/mol. The fourth-order valence-electron chi connectivity index (χ4n) is 5.21. The molecule has 0 heterocycles. The van der Waals surface area contributed by atoms with Crippen molar-refractivity contribution in [1.29, 1.82) is 0 Å². The minimum atomic E-state index is -1.70. The first-order valence-corrected chi connectivity index (χ1v) is 16.3. The highest BCUT2D eigenvalue weighted by atomic mass is 16.5. The maximum atomic E-state index is 11.5. The molecule has 0 aliphatic carbocycles. The Kier molecular flexibility index (Phi) is 25.9.